The van der Waals surface area contributed by atoms with Gasteiger partial charge in [-0.15, -0.1) is 11.3 Å². The van der Waals surface area contributed by atoms with Crippen molar-refractivity contribution in [1.82, 2.24) is 5.32 Å². The van der Waals surface area contributed by atoms with Gasteiger partial charge in [-0.3, -0.25) is 0 Å². The van der Waals surface area contributed by atoms with Gasteiger partial charge in [0.05, 0.1) is 0 Å². The molecule has 0 spiro atoms. The molecule has 1 aromatic heterocycles. The van der Waals surface area contributed by atoms with Gasteiger partial charge in [-0.1, -0.05) is 40.2 Å². The van der Waals surface area contributed by atoms with Crippen LogP contribution in [0.2, 0.25) is 0 Å². The van der Waals surface area contributed by atoms with E-state index in [9.17, 15) is 0 Å². The molecule has 16 heavy (non-hydrogen) atoms. The van der Waals surface area contributed by atoms with E-state index in [0.29, 0.717) is 6.04 Å². The number of thiophene rings is 1. The van der Waals surface area contributed by atoms with Crippen molar-refractivity contribution < 1.29 is 0 Å². The molecule has 1 atom stereocenters. The second kappa shape index (κ2) is 5.62. The number of benzene rings is 1. The average molecular weight is 296 g/mol. The van der Waals surface area contributed by atoms with Gasteiger partial charge in [0, 0.05) is 21.9 Å². The Morgan fingerprint density at radius 3 is 2.75 bits per heavy atom. The van der Waals surface area contributed by atoms with Gasteiger partial charge in [-0.25, -0.2) is 0 Å². The quantitative estimate of drug-likeness (QED) is 0.884. The molecule has 1 aromatic carbocycles. The van der Waals surface area contributed by atoms with E-state index in [1.807, 2.05) is 6.07 Å². The number of hydrogen-bond donors (Lipinski definition) is 1. The summed E-state index contributed by atoms with van der Waals surface area (Å²) >= 11 is 5.35. The lowest BCUT2D eigenvalue weighted by Gasteiger charge is -2.12. The number of halogens is 1. The van der Waals surface area contributed by atoms with Crippen LogP contribution in [0.5, 0.6) is 0 Å². The average Bonchev–Trinajstić information content (AvgIpc) is 2.81. The Balaban J connectivity index is 1.95. The minimum Gasteiger partial charge on any atom is -0.305 e. The number of hydrogen-bond acceptors (Lipinski definition) is 2. The molecule has 0 aliphatic carbocycles. The maximum atomic E-state index is 3.56. The molecule has 0 aliphatic rings. The third-order valence-corrected chi connectivity index (χ3v) is 4.36. The van der Waals surface area contributed by atoms with E-state index in [1.54, 1.807) is 11.3 Å². The first-order chi connectivity index (χ1) is 7.77. The number of rotatable bonds is 4. The zero-order chi connectivity index (χ0) is 11.4. The Kier molecular flexibility index (Phi) is 4.16. The lowest BCUT2D eigenvalue weighted by atomic mass is 10.2. The summed E-state index contributed by atoms with van der Waals surface area (Å²) < 4.78 is 1.17. The monoisotopic (exact) mass is 295 g/mol. The smallest absolute Gasteiger partial charge is 0.0388 e. The molecular weight excluding hydrogens is 282 g/mol. The van der Waals surface area contributed by atoms with E-state index in [1.165, 1.54) is 14.9 Å². The SMILES string of the molecule is C[C@@H](NCc1ccccc1Br)c1cccs1. The highest BCUT2D eigenvalue weighted by Crippen LogP contribution is 2.20. The van der Waals surface area contributed by atoms with Gasteiger partial charge in [0.25, 0.3) is 0 Å². The van der Waals surface area contributed by atoms with Gasteiger partial charge in [0.2, 0.25) is 0 Å². The van der Waals surface area contributed by atoms with E-state index >= 15 is 0 Å². The summed E-state index contributed by atoms with van der Waals surface area (Å²) in [6.45, 7) is 3.09. The summed E-state index contributed by atoms with van der Waals surface area (Å²) in [6, 6.07) is 13.0. The van der Waals surface area contributed by atoms with Crippen molar-refractivity contribution in [1.29, 1.82) is 0 Å². The van der Waals surface area contributed by atoms with Gasteiger partial charge >= 0.3 is 0 Å². The zero-order valence-corrected chi connectivity index (χ0v) is 11.5. The van der Waals surface area contributed by atoms with Crippen molar-refractivity contribution in [3.05, 3.63) is 56.7 Å². The van der Waals surface area contributed by atoms with E-state index in [0.717, 1.165) is 6.54 Å². The molecule has 3 heteroatoms. The van der Waals surface area contributed by atoms with E-state index < -0.39 is 0 Å². The molecule has 84 valence electrons. The highest BCUT2D eigenvalue weighted by Gasteiger charge is 2.06. The molecule has 2 rings (SSSR count). The molecule has 1 heterocycles. The van der Waals surface area contributed by atoms with Crippen molar-refractivity contribution >= 4 is 27.3 Å². The Morgan fingerprint density at radius 2 is 2.06 bits per heavy atom. The Morgan fingerprint density at radius 1 is 1.25 bits per heavy atom. The summed E-state index contributed by atoms with van der Waals surface area (Å²) in [5.74, 6) is 0. The topological polar surface area (TPSA) is 12.0 Å². The third kappa shape index (κ3) is 2.94. The Hall–Kier alpha value is -0.640. The molecular formula is C13H14BrNS. The Bertz CT molecular complexity index is 439. The summed E-state index contributed by atoms with van der Waals surface area (Å²) in [7, 11) is 0. The molecule has 2 aromatic rings. The van der Waals surface area contributed by atoms with Crippen molar-refractivity contribution in [3.8, 4) is 0 Å². The molecule has 0 saturated carbocycles. The van der Waals surface area contributed by atoms with Gasteiger partial charge in [0.15, 0.2) is 0 Å². The molecule has 1 nitrogen and oxygen atoms in total. The van der Waals surface area contributed by atoms with Crippen LogP contribution < -0.4 is 5.32 Å². The summed E-state index contributed by atoms with van der Waals surface area (Å²) in [6.07, 6.45) is 0. The number of nitrogens with one attached hydrogen (secondary N) is 1. The predicted molar refractivity (Wildman–Crippen MR) is 73.7 cm³/mol. The summed E-state index contributed by atoms with van der Waals surface area (Å²) in [5, 5.41) is 5.64. The van der Waals surface area contributed by atoms with Crippen LogP contribution >= 0.6 is 27.3 Å². The maximum absolute atomic E-state index is 3.56. The van der Waals surface area contributed by atoms with Crippen LogP contribution in [0.15, 0.2) is 46.3 Å². The van der Waals surface area contributed by atoms with Crippen LogP contribution in [0, 0.1) is 0 Å². The van der Waals surface area contributed by atoms with E-state index in [2.05, 4.69) is 63.9 Å². The first kappa shape index (κ1) is 11.8. The first-order valence-corrected chi connectivity index (χ1v) is 6.95. The van der Waals surface area contributed by atoms with Crippen LogP contribution in [0.1, 0.15) is 23.4 Å². The van der Waals surface area contributed by atoms with Crippen LogP contribution in [-0.2, 0) is 6.54 Å². The van der Waals surface area contributed by atoms with Crippen LogP contribution in [0.25, 0.3) is 0 Å². The zero-order valence-electron chi connectivity index (χ0n) is 9.11. The fraction of sp³-hybridized carbons (Fsp3) is 0.231. The normalized spacial score (nSPS) is 12.6. The molecule has 0 saturated heterocycles. The van der Waals surface area contributed by atoms with Crippen LogP contribution in [0.4, 0.5) is 0 Å². The largest absolute Gasteiger partial charge is 0.305 e. The minimum atomic E-state index is 0.409. The molecule has 0 unspecified atom stereocenters. The van der Waals surface area contributed by atoms with E-state index in [-0.39, 0.29) is 0 Å². The predicted octanol–water partition coefficient (Wildman–Crippen LogP) is 4.36. The Labute approximate surface area is 109 Å². The van der Waals surface area contributed by atoms with Crippen molar-refractivity contribution in [2.75, 3.05) is 0 Å². The maximum Gasteiger partial charge on any atom is 0.0388 e. The van der Waals surface area contributed by atoms with Gasteiger partial charge in [0.1, 0.15) is 0 Å². The standard InChI is InChI=1S/C13H14BrNS/c1-10(13-7-4-8-16-13)15-9-11-5-2-3-6-12(11)14/h2-8,10,15H,9H2,1H3/t10-/m1/s1. The van der Waals surface area contributed by atoms with E-state index in [4.69, 9.17) is 0 Å². The molecule has 1 N–H and O–H groups in total. The lowest BCUT2D eigenvalue weighted by Crippen LogP contribution is -2.17. The molecule has 0 bridgehead atoms. The van der Waals surface area contributed by atoms with Crippen molar-refractivity contribution in [2.45, 2.75) is 19.5 Å². The molecule has 0 aliphatic heterocycles. The van der Waals surface area contributed by atoms with Crippen LogP contribution in [0.3, 0.4) is 0 Å². The van der Waals surface area contributed by atoms with Gasteiger partial charge in [-0.2, -0.15) is 0 Å². The molecule has 0 radical (unpaired) electrons. The first-order valence-electron chi connectivity index (χ1n) is 5.27. The summed E-state index contributed by atoms with van der Waals surface area (Å²) in [4.78, 5) is 1.38. The highest BCUT2D eigenvalue weighted by molar-refractivity contribution is 9.10. The van der Waals surface area contributed by atoms with Crippen molar-refractivity contribution in [3.63, 3.8) is 0 Å². The molecule has 0 fully saturated rings. The lowest BCUT2D eigenvalue weighted by molar-refractivity contribution is 0.582. The third-order valence-electron chi connectivity index (χ3n) is 2.53. The fourth-order valence-electron chi connectivity index (χ4n) is 1.54. The second-order valence-corrected chi connectivity index (χ2v) is 5.54. The fourth-order valence-corrected chi connectivity index (χ4v) is 2.73. The van der Waals surface area contributed by atoms with Crippen LogP contribution in [-0.4, -0.2) is 0 Å². The molecule has 0 amide bonds. The van der Waals surface area contributed by atoms with Gasteiger partial charge < -0.3 is 5.32 Å². The van der Waals surface area contributed by atoms with Gasteiger partial charge in [-0.05, 0) is 30.0 Å². The van der Waals surface area contributed by atoms with Crippen molar-refractivity contribution in [2.24, 2.45) is 0 Å². The minimum absolute atomic E-state index is 0.409. The second-order valence-electron chi connectivity index (χ2n) is 3.71. The summed E-state index contributed by atoms with van der Waals surface area (Å²) in [5.41, 5.74) is 1.30. The highest BCUT2D eigenvalue weighted by atomic mass is 79.9.